The van der Waals surface area contributed by atoms with Crippen molar-refractivity contribution in [3.8, 4) is 0 Å². The van der Waals surface area contributed by atoms with Crippen LogP contribution in [0.5, 0.6) is 0 Å². The summed E-state index contributed by atoms with van der Waals surface area (Å²) >= 11 is 6.05. The summed E-state index contributed by atoms with van der Waals surface area (Å²) in [6.07, 6.45) is 3.06. The molecule has 0 fully saturated rings. The molecule has 0 atom stereocenters. The summed E-state index contributed by atoms with van der Waals surface area (Å²) < 4.78 is 0. The van der Waals surface area contributed by atoms with Crippen LogP contribution in [0.3, 0.4) is 0 Å². The normalized spacial score (nSPS) is 11.0. The van der Waals surface area contributed by atoms with Crippen molar-refractivity contribution >= 4 is 35.2 Å². The molecule has 1 heterocycles. The van der Waals surface area contributed by atoms with Crippen LogP contribution in [0.25, 0.3) is 0 Å². The average Bonchev–Trinajstić information content (AvgIpc) is 2.46. The van der Waals surface area contributed by atoms with Crippen molar-refractivity contribution in [3.05, 3.63) is 47.7 Å². The first kappa shape index (κ1) is 17.9. The Hall–Kier alpha value is -2.47. The van der Waals surface area contributed by atoms with Crippen molar-refractivity contribution < 1.29 is 9.59 Å². The summed E-state index contributed by atoms with van der Waals surface area (Å²) in [6, 6.07) is 7.86. The molecular weight excluding hydrogens is 328 g/mol. The molecule has 0 aliphatic rings. The molecule has 2 aromatic rings. The number of halogens is 1. The molecule has 0 N–H and O–H groups in total. The van der Waals surface area contributed by atoms with Gasteiger partial charge in [0, 0.05) is 29.9 Å². The van der Waals surface area contributed by atoms with E-state index in [1.165, 1.54) is 29.1 Å². The predicted octanol–water partition coefficient (Wildman–Crippen LogP) is 4.04. The van der Waals surface area contributed by atoms with E-state index in [1.54, 1.807) is 51.1 Å². The molecule has 7 heteroatoms. The van der Waals surface area contributed by atoms with Crippen molar-refractivity contribution in [2.75, 3.05) is 4.90 Å². The van der Waals surface area contributed by atoms with Gasteiger partial charge in [0.1, 0.15) is 0 Å². The smallest absolute Gasteiger partial charge is 0.275 e. The Balaban J connectivity index is 2.58. The van der Waals surface area contributed by atoms with E-state index in [-0.39, 0.29) is 11.9 Å². The molecule has 6 nitrogen and oxygen atoms in total. The number of anilines is 2. The number of aromatic nitrogens is 2. The van der Waals surface area contributed by atoms with Crippen LogP contribution < -0.4 is 4.90 Å². The second-order valence-corrected chi connectivity index (χ2v) is 6.61. The monoisotopic (exact) mass is 346 g/mol. The van der Waals surface area contributed by atoms with Gasteiger partial charge in [0.25, 0.3) is 0 Å². The first-order chi connectivity index (χ1) is 11.2. The maximum atomic E-state index is 13.2. The van der Waals surface area contributed by atoms with E-state index < -0.39 is 11.6 Å². The Kier molecular flexibility index (Phi) is 5.19. The Bertz CT molecular complexity index is 744. The highest BCUT2D eigenvalue weighted by Gasteiger charge is 2.35. The number of rotatable bonds is 2. The van der Waals surface area contributed by atoms with Crippen LogP contribution in [0.2, 0.25) is 5.02 Å². The Morgan fingerprint density at radius 2 is 1.71 bits per heavy atom. The molecule has 2 rings (SSSR count). The fraction of sp³-hybridized carbons (Fsp3) is 0.294. The highest BCUT2D eigenvalue weighted by Crippen LogP contribution is 2.28. The maximum absolute atomic E-state index is 13.2. The minimum Gasteiger partial charge on any atom is -0.275 e. The number of carbonyl (C=O) groups excluding carboxylic acids is 2. The molecule has 0 spiro atoms. The lowest BCUT2D eigenvalue weighted by atomic mass is 10.1. The van der Waals surface area contributed by atoms with Crippen LogP contribution in [-0.2, 0) is 4.79 Å². The van der Waals surface area contributed by atoms with Gasteiger partial charge in [-0.05, 0) is 45.0 Å². The molecule has 0 saturated carbocycles. The zero-order valence-corrected chi connectivity index (χ0v) is 14.8. The number of hydrogen-bond acceptors (Lipinski definition) is 4. The molecular formula is C17H19ClN4O2. The van der Waals surface area contributed by atoms with Gasteiger partial charge in [-0.25, -0.2) is 19.7 Å². The topological polar surface area (TPSA) is 66.4 Å². The largest absolute Gasteiger partial charge is 0.338 e. The Labute approximate surface area is 146 Å². The van der Waals surface area contributed by atoms with Crippen LogP contribution in [0.1, 0.15) is 27.7 Å². The summed E-state index contributed by atoms with van der Waals surface area (Å²) in [7, 11) is 0. The van der Waals surface area contributed by atoms with Crippen molar-refractivity contribution in [2.24, 2.45) is 0 Å². The third-order valence-electron chi connectivity index (χ3n) is 3.19. The molecule has 0 radical (unpaired) electrons. The van der Waals surface area contributed by atoms with Crippen LogP contribution in [-0.4, -0.2) is 32.3 Å². The lowest BCUT2D eigenvalue weighted by Crippen LogP contribution is -2.53. The van der Waals surface area contributed by atoms with E-state index >= 15 is 0 Å². The average molecular weight is 347 g/mol. The number of amides is 3. The van der Waals surface area contributed by atoms with E-state index in [2.05, 4.69) is 9.97 Å². The van der Waals surface area contributed by atoms with Crippen molar-refractivity contribution in [1.29, 1.82) is 0 Å². The molecule has 0 aliphatic carbocycles. The minimum absolute atomic E-state index is 0.167. The molecule has 1 aromatic carbocycles. The summed E-state index contributed by atoms with van der Waals surface area (Å²) in [6.45, 7) is 6.71. The summed E-state index contributed by atoms with van der Waals surface area (Å²) in [5.41, 5.74) is -0.219. The van der Waals surface area contributed by atoms with Crippen LogP contribution in [0.4, 0.5) is 16.4 Å². The zero-order chi connectivity index (χ0) is 17.9. The molecule has 0 unspecified atom stereocenters. The Morgan fingerprint density at radius 1 is 1.08 bits per heavy atom. The summed E-state index contributed by atoms with van der Waals surface area (Å²) in [5.74, 6) is -0.198. The maximum Gasteiger partial charge on any atom is 0.338 e. The van der Waals surface area contributed by atoms with E-state index in [9.17, 15) is 9.59 Å². The van der Waals surface area contributed by atoms with Gasteiger partial charge >= 0.3 is 6.03 Å². The van der Waals surface area contributed by atoms with Gasteiger partial charge in [0.2, 0.25) is 11.9 Å². The standard InChI is InChI=1S/C17H19ClN4O2/c1-12(23)22(17(2,3)4)16(24)21(15-19-9-6-10-20-15)14-8-5-7-13(18)11-14/h5-11H,1-4H3. The molecule has 3 amide bonds. The van der Waals surface area contributed by atoms with E-state index in [0.717, 1.165) is 0 Å². The molecule has 0 bridgehead atoms. The van der Waals surface area contributed by atoms with Gasteiger partial charge in [-0.1, -0.05) is 17.7 Å². The van der Waals surface area contributed by atoms with Crippen molar-refractivity contribution in [3.63, 3.8) is 0 Å². The van der Waals surface area contributed by atoms with Gasteiger partial charge in [0.15, 0.2) is 0 Å². The van der Waals surface area contributed by atoms with Crippen molar-refractivity contribution in [2.45, 2.75) is 33.2 Å². The number of benzene rings is 1. The third kappa shape index (κ3) is 3.89. The van der Waals surface area contributed by atoms with Gasteiger partial charge in [0.05, 0.1) is 5.69 Å². The first-order valence-corrected chi connectivity index (χ1v) is 7.77. The fourth-order valence-electron chi connectivity index (χ4n) is 2.33. The summed E-state index contributed by atoms with van der Waals surface area (Å²) in [4.78, 5) is 36.0. The van der Waals surface area contributed by atoms with Gasteiger partial charge in [-0.2, -0.15) is 0 Å². The molecule has 126 valence electrons. The first-order valence-electron chi connectivity index (χ1n) is 7.39. The highest BCUT2D eigenvalue weighted by atomic mass is 35.5. The van der Waals surface area contributed by atoms with E-state index in [4.69, 9.17) is 11.6 Å². The predicted molar refractivity (Wildman–Crippen MR) is 93.3 cm³/mol. The number of carbonyl (C=O) groups is 2. The van der Waals surface area contributed by atoms with Crippen LogP contribution in [0, 0.1) is 0 Å². The fourth-order valence-corrected chi connectivity index (χ4v) is 2.51. The number of urea groups is 1. The Morgan fingerprint density at radius 3 is 2.21 bits per heavy atom. The second kappa shape index (κ2) is 6.97. The number of hydrogen-bond donors (Lipinski definition) is 0. The van der Waals surface area contributed by atoms with Crippen molar-refractivity contribution in [1.82, 2.24) is 14.9 Å². The van der Waals surface area contributed by atoms with E-state index in [1.807, 2.05) is 0 Å². The van der Waals surface area contributed by atoms with Crippen LogP contribution >= 0.6 is 11.6 Å². The lowest BCUT2D eigenvalue weighted by molar-refractivity contribution is -0.129. The minimum atomic E-state index is -0.700. The second-order valence-electron chi connectivity index (χ2n) is 6.17. The van der Waals surface area contributed by atoms with Gasteiger partial charge in [-0.15, -0.1) is 0 Å². The number of nitrogens with zero attached hydrogens (tertiary/aromatic N) is 4. The highest BCUT2D eigenvalue weighted by molar-refractivity contribution is 6.31. The van der Waals surface area contributed by atoms with Gasteiger partial charge in [-0.3, -0.25) is 9.69 Å². The molecule has 24 heavy (non-hydrogen) atoms. The zero-order valence-electron chi connectivity index (χ0n) is 14.0. The third-order valence-corrected chi connectivity index (χ3v) is 3.42. The quantitative estimate of drug-likeness (QED) is 0.823. The lowest BCUT2D eigenvalue weighted by Gasteiger charge is -2.36. The molecule has 0 aliphatic heterocycles. The number of imide groups is 1. The van der Waals surface area contributed by atoms with E-state index in [0.29, 0.717) is 10.7 Å². The summed E-state index contributed by atoms with van der Waals surface area (Å²) in [5, 5.41) is 0.464. The van der Waals surface area contributed by atoms with Crippen LogP contribution in [0.15, 0.2) is 42.7 Å². The molecule has 1 aromatic heterocycles. The molecule has 0 saturated heterocycles. The SMILES string of the molecule is CC(=O)N(C(=O)N(c1cccc(Cl)c1)c1ncccn1)C(C)(C)C. The van der Waals surface area contributed by atoms with Gasteiger partial charge < -0.3 is 0 Å².